The molecule has 0 unspecified atom stereocenters. The summed E-state index contributed by atoms with van der Waals surface area (Å²) in [6.07, 6.45) is 6.64. The number of aromatic nitrogens is 5. The molecule has 1 aliphatic rings. The van der Waals surface area contributed by atoms with E-state index in [-0.39, 0.29) is 23.2 Å². The topological polar surface area (TPSA) is 121 Å². The number of nitrogens with two attached hydrogens (primary N) is 1. The van der Waals surface area contributed by atoms with Gasteiger partial charge in [-0.1, -0.05) is 0 Å². The maximum absolute atomic E-state index is 13.2. The third-order valence-electron chi connectivity index (χ3n) is 5.01. The van der Waals surface area contributed by atoms with Gasteiger partial charge in [0, 0.05) is 17.3 Å². The van der Waals surface area contributed by atoms with Crippen LogP contribution in [0.1, 0.15) is 17.3 Å². The van der Waals surface area contributed by atoms with Crippen LogP contribution < -0.4 is 20.1 Å². The molecule has 1 aromatic carbocycles. The second-order valence-corrected chi connectivity index (χ2v) is 6.83. The summed E-state index contributed by atoms with van der Waals surface area (Å²) >= 11 is 0. The third-order valence-corrected chi connectivity index (χ3v) is 5.01. The summed E-state index contributed by atoms with van der Waals surface area (Å²) in [5.74, 6) is 0.0247. The number of fused-ring (bicyclic) bond motifs is 2. The fourth-order valence-corrected chi connectivity index (χ4v) is 3.57. The van der Waals surface area contributed by atoms with Crippen LogP contribution in [0.2, 0.25) is 0 Å². The van der Waals surface area contributed by atoms with Gasteiger partial charge in [0.25, 0.3) is 5.91 Å². The van der Waals surface area contributed by atoms with Crippen LogP contribution in [0.25, 0.3) is 16.6 Å². The first-order valence-corrected chi connectivity index (χ1v) is 9.77. The van der Waals surface area contributed by atoms with E-state index in [4.69, 9.17) is 15.2 Å². The lowest BCUT2D eigenvalue weighted by molar-refractivity contribution is 0.0990. The van der Waals surface area contributed by atoms with Gasteiger partial charge in [-0.25, -0.2) is 19.9 Å². The molecule has 0 bridgehead atoms. The molecule has 0 radical (unpaired) electrons. The number of benzene rings is 1. The normalized spacial score (nSPS) is 13.6. The van der Waals surface area contributed by atoms with Gasteiger partial charge in [0.1, 0.15) is 24.3 Å². The second-order valence-electron chi connectivity index (χ2n) is 6.83. The van der Waals surface area contributed by atoms with Crippen LogP contribution in [0.3, 0.4) is 0 Å². The third kappa shape index (κ3) is 3.27. The number of carbonyl (C=O) groups excluding carboxylic acids is 1. The lowest BCUT2D eigenvalue weighted by Gasteiger charge is -2.20. The number of rotatable bonds is 4. The fraction of sp³-hybridized carbons (Fsp3) is 0.190. The zero-order valence-corrected chi connectivity index (χ0v) is 16.7. The molecule has 0 atom stereocenters. The van der Waals surface area contributed by atoms with Gasteiger partial charge >= 0.3 is 6.01 Å². The van der Waals surface area contributed by atoms with Gasteiger partial charge in [-0.2, -0.15) is 0 Å². The molecule has 10 nitrogen and oxygen atoms in total. The van der Waals surface area contributed by atoms with E-state index in [0.717, 1.165) is 22.3 Å². The Morgan fingerprint density at radius 3 is 2.77 bits per heavy atom. The van der Waals surface area contributed by atoms with E-state index in [2.05, 4.69) is 19.9 Å². The Labute approximate surface area is 177 Å². The zero-order chi connectivity index (χ0) is 21.4. The lowest BCUT2D eigenvalue weighted by atomic mass is 10.2. The highest BCUT2D eigenvalue weighted by molar-refractivity contribution is 6.11. The van der Waals surface area contributed by atoms with Gasteiger partial charge in [0.05, 0.1) is 36.7 Å². The van der Waals surface area contributed by atoms with Crippen molar-refractivity contribution in [2.75, 3.05) is 30.4 Å². The van der Waals surface area contributed by atoms with Crippen molar-refractivity contribution in [3.8, 4) is 17.6 Å². The van der Waals surface area contributed by atoms with Crippen molar-refractivity contribution in [3.63, 3.8) is 0 Å². The van der Waals surface area contributed by atoms with Gasteiger partial charge in [0.15, 0.2) is 0 Å². The fourth-order valence-electron chi connectivity index (χ4n) is 3.57. The number of nitrogens with zero attached hydrogens (tertiary/aromatic N) is 6. The average molecular weight is 417 g/mol. The maximum atomic E-state index is 13.2. The van der Waals surface area contributed by atoms with Gasteiger partial charge in [-0.15, -0.1) is 0 Å². The molecule has 4 heterocycles. The Balaban J connectivity index is 1.50. The number of amides is 1. The van der Waals surface area contributed by atoms with E-state index in [1.807, 2.05) is 42.0 Å². The summed E-state index contributed by atoms with van der Waals surface area (Å²) in [5.41, 5.74) is 8.61. The largest absolute Gasteiger partial charge is 0.475 e. The van der Waals surface area contributed by atoms with Crippen LogP contribution in [-0.2, 0) is 0 Å². The molecule has 0 fully saturated rings. The van der Waals surface area contributed by atoms with E-state index in [1.54, 1.807) is 17.3 Å². The monoisotopic (exact) mass is 417 g/mol. The summed E-state index contributed by atoms with van der Waals surface area (Å²) in [6, 6.07) is 8.10. The number of hydrogen-bond donors (Lipinski definition) is 1. The lowest BCUT2D eigenvalue weighted by Crippen LogP contribution is -2.32. The first-order chi connectivity index (χ1) is 15.2. The molecule has 0 aliphatic carbocycles. The van der Waals surface area contributed by atoms with E-state index in [9.17, 15) is 4.79 Å². The molecule has 156 valence electrons. The maximum Gasteiger partial charge on any atom is 0.316 e. The van der Waals surface area contributed by atoms with E-state index in [0.29, 0.717) is 25.8 Å². The number of anilines is 2. The first kappa shape index (κ1) is 18.8. The number of ether oxygens (including phenoxy) is 2. The molecule has 0 saturated heterocycles. The average Bonchev–Trinajstić information content (AvgIpc) is 3.12. The minimum absolute atomic E-state index is 0.102. The SMILES string of the molecule is CCOc1ncc(-n2ccc3cc(N4CCOc5ncnc(N)c5C4=O)ccc32)cn1. The molecule has 2 N–H and O–H groups in total. The molecular formula is C21H19N7O3. The van der Waals surface area contributed by atoms with Crippen LogP contribution in [0, 0.1) is 0 Å². The highest BCUT2D eigenvalue weighted by atomic mass is 16.5. The summed E-state index contributed by atoms with van der Waals surface area (Å²) in [4.78, 5) is 31.2. The molecule has 3 aromatic heterocycles. The van der Waals surface area contributed by atoms with Crippen LogP contribution >= 0.6 is 0 Å². The molecule has 4 aromatic rings. The quantitative estimate of drug-likeness (QED) is 0.537. The summed E-state index contributed by atoms with van der Waals surface area (Å²) in [7, 11) is 0. The van der Waals surface area contributed by atoms with Crippen molar-refractivity contribution in [1.29, 1.82) is 0 Å². The van der Waals surface area contributed by atoms with Gasteiger partial charge in [-0.05, 0) is 31.2 Å². The Hall–Kier alpha value is -4.21. The van der Waals surface area contributed by atoms with Crippen LogP contribution in [0.4, 0.5) is 11.5 Å². The van der Waals surface area contributed by atoms with Gasteiger partial charge in [-0.3, -0.25) is 4.79 Å². The summed E-state index contributed by atoms with van der Waals surface area (Å²) in [5, 5.41) is 0.960. The highest BCUT2D eigenvalue weighted by Gasteiger charge is 2.28. The van der Waals surface area contributed by atoms with E-state index >= 15 is 0 Å². The van der Waals surface area contributed by atoms with Crippen molar-refractivity contribution >= 4 is 28.3 Å². The Kier molecular flexibility index (Phi) is 4.58. The Bertz CT molecular complexity index is 1270. The van der Waals surface area contributed by atoms with Crippen molar-refractivity contribution < 1.29 is 14.3 Å². The summed E-state index contributed by atoms with van der Waals surface area (Å²) < 4.78 is 12.9. The highest BCUT2D eigenvalue weighted by Crippen LogP contribution is 2.30. The molecule has 10 heteroatoms. The number of hydrogen-bond acceptors (Lipinski definition) is 8. The van der Waals surface area contributed by atoms with Crippen molar-refractivity contribution in [3.05, 3.63) is 54.7 Å². The smallest absolute Gasteiger partial charge is 0.316 e. The van der Waals surface area contributed by atoms with E-state index < -0.39 is 0 Å². The summed E-state index contributed by atoms with van der Waals surface area (Å²) in [6.45, 7) is 3.07. The standard InChI is InChI=1S/C21H19N7O3/c1-2-30-21-23-10-15(11-24-21)27-6-5-13-9-14(3-4-16(13)27)28-7-8-31-19-17(20(28)29)18(22)25-12-26-19/h3-6,9-12H,2,7-8H2,1H3,(H2,22,25,26). The Morgan fingerprint density at radius 1 is 1.13 bits per heavy atom. The minimum atomic E-state index is -0.288. The van der Waals surface area contributed by atoms with Crippen LogP contribution in [0.15, 0.2) is 49.2 Å². The molecule has 31 heavy (non-hydrogen) atoms. The molecule has 1 amide bonds. The molecular weight excluding hydrogens is 398 g/mol. The van der Waals surface area contributed by atoms with Crippen LogP contribution in [-0.4, -0.2) is 50.2 Å². The van der Waals surface area contributed by atoms with E-state index in [1.165, 1.54) is 6.33 Å². The number of carbonyl (C=O) groups is 1. The van der Waals surface area contributed by atoms with Gasteiger partial charge in [0.2, 0.25) is 5.88 Å². The molecule has 0 saturated carbocycles. The second kappa shape index (κ2) is 7.56. The first-order valence-electron chi connectivity index (χ1n) is 9.77. The van der Waals surface area contributed by atoms with Crippen molar-refractivity contribution in [2.45, 2.75) is 6.92 Å². The van der Waals surface area contributed by atoms with Crippen molar-refractivity contribution in [2.24, 2.45) is 0 Å². The Morgan fingerprint density at radius 2 is 1.97 bits per heavy atom. The molecule has 0 spiro atoms. The zero-order valence-electron chi connectivity index (χ0n) is 16.7. The van der Waals surface area contributed by atoms with Crippen molar-refractivity contribution in [1.82, 2.24) is 24.5 Å². The predicted octanol–water partition coefficient (Wildman–Crippen LogP) is 2.23. The molecule has 1 aliphatic heterocycles. The minimum Gasteiger partial charge on any atom is -0.475 e. The van der Waals surface area contributed by atoms with Crippen LogP contribution in [0.5, 0.6) is 11.9 Å². The number of nitrogen functional groups attached to an aromatic ring is 1. The predicted molar refractivity (Wildman–Crippen MR) is 114 cm³/mol. The van der Waals surface area contributed by atoms with Gasteiger partial charge < -0.3 is 24.7 Å². The molecule has 5 rings (SSSR count).